The number of halogens is 1. The number of nitrogen functional groups attached to an aromatic ring is 1. The number of ketones is 1. The van der Waals surface area contributed by atoms with Crippen LogP contribution in [0.5, 0.6) is 5.88 Å². The molecule has 2 heterocycles. The highest BCUT2D eigenvalue weighted by atomic mass is 19.1. The maximum atomic E-state index is 14.1. The van der Waals surface area contributed by atoms with Crippen LogP contribution in [0.15, 0.2) is 30.7 Å². The molecule has 7 nitrogen and oxygen atoms in total. The van der Waals surface area contributed by atoms with E-state index in [-0.39, 0.29) is 24.1 Å². The lowest BCUT2D eigenvalue weighted by atomic mass is 9.79. The van der Waals surface area contributed by atoms with Crippen molar-refractivity contribution < 1.29 is 13.9 Å². The Kier molecular flexibility index (Phi) is 4.46. The zero-order valence-corrected chi connectivity index (χ0v) is 15.4. The SMILES string of the molecule is COc1ncncc1-c1cc(F)ccc1C1CC(=O)c2c(C)nc(N)nc2C1. The minimum atomic E-state index is -0.394. The average Bonchev–Trinajstić information content (AvgIpc) is 2.66. The van der Waals surface area contributed by atoms with Gasteiger partial charge < -0.3 is 10.5 Å². The Morgan fingerprint density at radius 2 is 2.04 bits per heavy atom. The van der Waals surface area contributed by atoms with Crippen LogP contribution in [0.4, 0.5) is 10.3 Å². The number of aryl methyl sites for hydroxylation is 1. The number of nitrogens with two attached hydrogens (primary N) is 1. The van der Waals surface area contributed by atoms with Gasteiger partial charge in [-0.15, -0.1) is 0 Å². The summed E-state index contributed by atoms with van der Waals surface area (Å²) in [5, 5.41) is 0. The molecule has 1 aromatic carbocycles. The smallest absolute Gasteiger partial charge is 0.224 e. The first-order valence-corrected chi connectivity index (χ1v) is 8.78. The van der Waals surface area contributed by atoms with Gasteiger partial charge in [-0.1, -0.05) is 6.07 Å². The van der Waals surface area contributed by atoms with E-state index in [4.69, 9.17) is 10.5 Å². The lowest BCUT2D eigenvalue weighted by Crippen LogP contribution is -2.23. The number of carbonyl (C=O) groups is 1. The van der Waals surface area contributed by atoms with Crippen molar-refractivity contribution in [3.05, 3.63) is 59.1 Å². The van der Waals surface area contributed by atoms with E-state index in [1.807, 2.05) is 0 Å². The quantitative estimate of drug-likeness (QED) is 0.746. The molecule has 0 spiro atoms. The summed E-state index contributed by atoms with van der Waals surface area (Å²) >= 11 is 0. The molecule has 3 aromatic rings. The monoisotopic (exact) mass is 379 g/mol. The number of anilines is 1. The van der Waals surface area contributed by atoms with Gasteiger partial charge in [-0.25, -0.2) is 24.3 Å². The Bertz CT molecular complexity index is 1090. The molecule has 0 bridgehead atoms. The molecule has 1 aliphatic carbocycles. The first-order valence-electron chi connectivity index (χ1n) is 8.78. The summed E-state index contributed by atoms with van der Waals surface area (Å²) in [6.07, 6.45) is 3.72. The van der Waals surface area contributed by atoms with Gasteiger partial charge in [0.15, 0.2) is 5.78 Å². The summed E-state index contributed by atoms with van der Waals surface area (Å²) in [5.41, 5.74) is 9.49. The molecule has 0 saturated carbocycles. The highest BCUT2D eigenvalue weighted by molar-refractivity contribution is 6.00. The number of nitrogens with zero attached hydrogens (tertiary/aromatic N) is 4. The van der Waals surface area contributed by atoms with Crippen molar-refractivity contribution in [1.29, 1.82) is 0 Å². The summed E-state index contributed by atoms with van der Waals surface area (Å²) in [7, 11) is 1.49. The van der Waals surface area contributed by atoms with Crippen molar-refractivity contribution in [1.82, 2.24) is 19.9 Å². The van der Waals surface area contributed by atoms with Crippen molar-refractivity contribution in [2.75, 3.05) is 12.8 Å². The third-order valence-electron chi connectivity index (χ3n) is 4.95. The molecule has 2 aromatic heterocycles. The lowest BCUT2D eigenvalue weighted by molar-refractivity contribution is 0.0962. The van der Waals surface area contributed by atoms with E-state index < -0.39 is 5.82 Å². The fraction of sp³-hybridized carbons (Fsp3) is 0.250. The molecule has 0 amide bonds. The maximum Gasteiger partial charge on any atom is 0.224 e. The normalized spacial score (nSPS) is 16.0. The van der Waals surface area contributed by atoms with Crippen molar-refractivity contribution in [2.24, 2.45) is 0 Å². The Morgan fingerprint density at radius 3 is 2.82 bits per heavy atom. The van der Waals surface area contributed by atoms with Crippen LogP contribution < -0.4 is 10.5 Å². The van der Waals surface area contributed by atoms with Gasteiger partial charge in [0.1, 0.15) is 12.1 Å². The van der Waals surface area contributed by atoms with Gasteiger partial charge in [-0.2, -0.15) is 0 Å². The maximum absolute atomic E-state index is 14.1. The molecule has 0 fully saturated rings. The van der Waals surface area contributed by atoms with E-state index in [1.165, 1.54) is 25.6 Å². The van der Waals surface area contributed by atoms with Gasteiger partial charge in [0.2, 0.25) is 11.8 Å². The van der Waals surface area contributed by atoms with Crippen molar-refractivity contribution in [2.45, 2.75) is 25.7 Å². The lowest BCUT2D eigenvalue weighted by Gasteiger charge is -2.26. The number of fused-ring (bicyclic) bond motifs is 1. The third kappa shape index (κ3) is 3.06. The fourth-order valence-corrected chi connectivity index (χ4v) is 3.80. The molecular weight excluding hydrogens is 361 g/mol. The van der Waals surface area contributed by atoms with E-state index in [2.05, 4.69) is 19.9 Å². The zero-order valence-electron chi connectivity index (χ0n) is 15.4. The van der Waals surface area contributed by atoms with Gasteiger partial charge in [0, 0.05) is 12.6 Å². The number of hydrogen-bond donors (Lipinski definition) is 1. The number of ether oxygens (including phenoxy) is 1. The molecule has 2 N–H and O–H groups in total. The number of benzene rings is 1. The molecule has 1 aliphatic rings. The highest BCUT2D eigenvalue weighted by Crippen LogP contribution is 2.40. The van der Waals surface area contributed by atoms with E-state index in [0.29, 0.717) is 40.4 Å². The molecule has 0 radical (unpaired) electrons. The molecular formula is C20H18FN5O2. The topological polar surface area (TPSA) is 104 Å². The molecule has 4 rings (SSSR count). The Balaban J connectivity index is 1.84. The molecule has 28 heavy (non-hydrogen) atoms. The van der Waals surface area contributed by atoms with Gasteiger partial charge >= 0.3 is 0 Å². The minimum Gasteiger partial charge on any atom is -0.480 e. The predicted octanol–water partition coefficient (Wildman–Crippen LogP) is 2.88. The summed E-state index contributed by atoms with van der Waals surface area (Å²) in [6, 6.07) is 4.49. The second-order valence-corrected chi connectivity index (χ2v) is 6.69. The first kappa shape index (κ1) is 18.0. The first-order chi connectivity index (χ1) is 13.5. The highest BCUT2D eigenvalue weighted by Gasteiger charge is 2.31. The number of Topliss-reactive ketones (excluding diaryl/α,β-unsaturated/α-hetero) is 1. The number of hydrogen-bond acceptors (Lipinski definition) is 7. The summed E-state index contributed by atoms with van der Waals surface area (Å²) in [6.45, 7) is 1.75. The molecule has 8 heteroatoms. The van der Waals surface area contributed by atoms with E-state index >= 15 is 0 Å². The standard InChI is InChI=1S/C20H18FN5O2/c1-10-18-16(26-20(22)25-10)5-11(6-17(18)27)13-4-3-12(21)7-14(13)15-8-23-9-24-19(15)28-2/h3-4,7-9,11H,5-6H2,1-2H3,(H2,22,25,26). The molecule has 0 saturated heterocycles. The predicted molar refractivity (Wildman–Crippen MR) is 101 cm³/mol. The molecule has 1 unspecified atom stereocenters. The molecule has 0 aliphatic heterocycles. The van der Waals surface area contributed by atoms with Crippen molar-refractivity contribution in [3.8, 4) is 17.0 Å². The van der Waals surface area contributed by atoms with Crippen LogP contribution in [0.1, 0.15) is 39.6 Å². The molecule has 142 valence electrons. The Hall–Kier alpha value is -3.42. The van der Waals surface area contributed by atoms with Crippen LogP contribution >= 0.6 is 0 Å². The second kappa shape index (κ2) is 6.95. The van der Waals surface area contributed by atoms with Crippen molar-refractivity contribution >= 4 is 11.7 Å². The number of rotatable bonds is 3. The van der Waals surface area contributed by atoms with Crippen LogP contribution in [-0.4, -0.2) is 32.8 Å². The Labute approximate surface area is 160 Å². The minimum absolute atomic E-state index is 0.0460. The van der Waals surface area contributed by atoms with Crippen molar-refractivity contribution in [3.63, 3.8) is 0 Å². The van der Waals surface area contributed by atoms with Gasteiger partial charge in [-0.05, 0) is 42.5 Å². The van der Waals surface area contributed by atoms with Crippen LogP contribution in [0.3, 0.4) is 0 Å². The number of methoxy groups -OCH3 is 1. The zero-order chi connectivity index (χ0) is 19.8. The Morgan fingerprint density at radius 1 is 1.21 bits per heavy atom. The van der Waals surface area contributed by atoms with E-state index in [1.54, 1.807) is 19.2 Å². The fourth-order valence-electron chi connectivity index (χ4n) is 3.80. The third-order valence-corrected chi connectivity index (χ3v) is 4.95. The van der Waals surface area contributed by atoms with E-state index in [9.17, 15) is 9.18 Å². The van der Waals surface area contributed by atoms with Crippen LogP contribution in [0.2, 0.25) is 0 Å². The van der Waals surface area contributed by atoms with Gasteiger partial charge in [-0.3, -0.25) is 4.79 Å². The van der Waals surface area contributed by atoms with Crippen LogP contribution in [-0.2, 0) is 6.42 Å². The van der Waals surface area contributed by atoms with Crippen LogP contribution in [0.25, 0.3) is 11.1 Å². The van der Waals surface area contributed by atoms with Gasteiger partial charge in [0.05, 0.1) is 29.6 Å². The van der Waals surface area contributed by atoms with E-state index in [0.717, 1.165) is 5.56 Å². The number of aromatic nitrogens is 4. The second-order valence-electron chi connectivity index (χ2n) is 6.69. The number of carbonyl (C=O) groups excluding carboxylic acids is 1. The molecule has 1 atom stereocenters. The summed E-state index contributed by atoms with van der Waals surface area (Å²) in [5.74, 6) is -0.145. The summed E-state index contributed by atoms with van der Waals surface area (Å²) in [4.78, 5) is 29.3. The average molecular weight is 379 g/mol. The largest absolute Gasteiger partial charge is 0.480 e. The summed E-state index contributed by atoms with van der Waals surface area (Å²) < 4.78 is 19.4. The van der Waals surface area contributed by atoms with Gasteiger partial charge in [0.25, 0.3) is 0 Å². The van der Waals surface area contributed by atoms with Crippen LogP contribution in [0, 0.1) is 12.7 Å².